The Morgan fingerprint density at radius 2 is 2.00 bits per heavy atom. The number of carbonyl (C=O) groups is 2. The fraction of sp³-hybridized carbons (Fsp3) is 0.316. The van der Waals surface area contributed by atoms with Gasteiger partial charge < -0.3 is 25.4 Å². The van der Waals surface area contributed by atoms with Crippen LogP contribution in [-0.2, 0) is 4.79 Å². The van der Waals surface area contributed by atoms with Gasteiger partial charge in [-0.05, 0) is 24.3 Å². The highest BCUT2D eigenvalue weighted by atomic mass is 16.6. The van der Waals surface area contributed by atoms with Gasteiger partial charge >= 0.3 is 0 Å². The molecular formula is C19H22N4O4. The van der Waals surface area contributed by atoms with Crippen molar-refractivity contribution in [2.45, 2.75) is 12.5 Å². The minimum atomic E-state index is -0.211. The number of ether oxygens (including phenoxy) is 2. The second-order valence-corrected chi connectivity index (χ2v) is 6.00. The van der Waals surface area contributed by atoms with Crippen molar-refractivity contribution in [3.05, 3.63) is 48.2 Å². The van der Waals surface area contributed by atoms with Gasteiger partial charge in [-0.3, -0.25) is 9.59 Å². The van der Waals surface area contributed by atoms with Gasteiger partial charge in [-0.25, -0.2) is 4.98 Å². The Morgan fingerprint density at radius 3 is 2.74 bits per heavy atom. The van der Waals surface area contributed by atoms with Gasteiger partial charge in [-0.2, -0.15) is 0 Å². The van der Waals surface area contributed by atoms with Gasteiger partial charge in [-0.15, -0.1) is 0 Å². The van der Waals surface area contributed by atoms with E-state index < -0.39 is 0 Å². The molecule has 0 radical (unpaired) electrons. The molecule has 3 N–H and O–H groups in total. The number of likely N-dealkylation sites (N-methyl/N-ethyl adjacent to an activating group) is 1. The molecule has 0 spiro atoms. The average molecular weight is 370 g/mol. The third-order valence-electron chi connectivity index (χ3n) is 4.05. The van der Waals surface area contributed by atoms with Crippen LogP contribution in [0.3, 0.4) is 0 Å². The summed E-state index contributed by atoms with van der Waals surface area (Å²) in [4.78, 5) is 27.5. The second kappa shape index (κ2) is 8.88. The summed E-state index contributed by atoms with van der Waals surface area (Å²) in [5, 5.41) is 8.23. The predicted octanol–water partition coefficient (Wildman–Crippen LogP) is 1.20. The van der Waals surface area contributed by atoms with Crippen LogP contribution < -0.4 is 25.4 Å². The molecule has 8 nitrogen and oxygen atoms in total. The number of nitrogens with one attached hydrogen (secondary N) is 3. The van der Waals surface area contributed by atoms with Crippen LogP contribution in [-0.4, -0.2) is 49.6 Å². The predicted molar refractivity (Wildman–Crippen MR) is 100 cm³/mol. The Kier molecular flexibility index (Phi) is 6.09. The van der Waals surface area contributed by atoms with Gasteiger partial charge in [0.25, 0.3) is 5.91 Å². The molecule has 27 heavy (non-hydrogen) atoms. The number of pyridine rings is 1. The number of benzene rings is 1. The van der Waals surface area contributed by atoms with E-state index in [9.17, 15) is 9.59 Å². The Labute approximate surface area is 157 Å². The maximum atomic E-state index is 12.2. The Hall–Kier alpha value is -3.29. The van der Waals surface area contributed by atoms with E-state index in [1.54, 1.807) is 19.2 Å². The summed E-state index contributed by atoms with van der Waals surface area (Å²) in [6, 6.07) is 10.8. The van der Waals surface area contributed by atoms with E-state index in [4.69, 9.17) is 9.47 Å². The van der Waals surface area contributed by atoms with Crippen LogP contribution in [0.4, 0.5) is 5.82 Å². The van der Waals surface area contributed by atoms with Crippen molar-refractivity contribution in [3.63, 3.8) is 0 Å². The minimum Gasteiger partial charge on any atom is -0.486 e. The molecule has 1 aromatic carbocycles. The molecule has 0 fully saturated rings. The quantitative estimate of drug-likeness (QED) is 0.677. The van der Waals surface area contributed by atoms with Gasteiger partial charge in [0, 0.05) is 26.2 Å². The van der Waals surface area contributed by atoms with E-state index in [1.807, 2.05) is 24.3 Å². The molecule has 2 amide bonds. The van der Waals surface area contributed by atoms with Crippen LogP contribution in [0.15, 0.2) is 42.6 Å². The summed E-state index contributed by atoms with van der Waals surface area (Å²) in [5.41, 5.74) is 0.451. The fourth-order valence-electron chi connectivity index (χ4n) is 2.55. The molecule has 0 saturated carbocycles. The lowest BCUT2D eigenvalue weighted by atomic mass is 10.2. The first kappa shape index (κ1) is 18.5. The summed E-state index contributed by atoms with van der Waals surface area (Å²) < 4.78 is 11.5. The Balaban J connectivity index is 1.42. The number of anilines is 1. The summed E-state index contributed by atoms with van der Waals surface area (Å²) >= 11 is 0. The normalized spacial score (nSPS) is 14.9. The molecular weight excluding hydrogens is 348 g/mol. The molecule has 8 heteroatoms. The summed E-state index contributed by atoms with van der Waals surface area (Å²) in [6.07, 6.45) is 2.01. The summed E-state index contributed by atoms with van der Waals surface area (Å²) in [6.45, 7) is 1.05. The largest absolute Gasteiger partial charge is 0.486 e. The van der Waals surface area contributed by atoms with Crippen LogP contribution in [0.5, 0.6) is 11.5 Å². The van der Waals surface area contributed by atoms with E-state index in [0.29, 0.717) is 31.0 Å². The molecule has 1 aliphatic heterocycles. The van der Waals surface area contributed by atoms with E-state index in [-0.39, 0.29) is 24.5 Å². The zero-order valence-corrected chi connectivity index (χ0v) is 15.0. The molecule has 0 aliphatic carbocycles. The molecule has 3 rings (SSSR count). The van der Waals surface area contributed by atoms with Crippen molar-refractivity contribution in [1.82, 2.24) is 15.6 Å². The SMILES string of the molecule is CNC(=O)CNc1ccc(C(=O)NCC[C@H]2COc3ccccc3O2)cn1. The van der Waals surface area contributed by atoms with Gasteiger partial charge in [0.1, 0.15) is 18.5 Å². The van der Waals surface area contributed by atoms with Crippen LogP contribution in [0.2, 0.25) is 0 Å². The number of rotatable bonds is 7. The van der Waals surface area contributed by atoms with Crippen LogP contribution in [0.1, 0.15) is 16.8 Å². The number of hydrogen-bond acceptors (Lipinski definition) is 6. The van der Waals surface area contributed by atoms with Gasteiger partial charge in [0.2, 0.25) is 5.91 Å². The van der Waals surface area contributed by atoms with Crippen LogP contribution in [0.25, 0.3) is 0 Å². The highest BCUT2D eigenvalue weighted by molar-refractivity contribution is 5.94. The molecule has 1 aliphatic rings. The highest BCUT2D eigenvalue weighted by Crippen LogP contribution is 2.31. The first-order valence-corrected chi connectivity index (χ1v) is 8.73. The monoisotopic (exact) mass is 370 g/mol. The zero-order chi connectivity index (χ0) is 19.1. The van der Waals surface area contributed by atoms with Crippen molar-refractivity contribution in [2.75, 3.05) is 32.1 Å². The van der Waals surface area contributed by atoms with Crippen molar-refractivity contribution >= 4 is 17.6 Å². The second-order valence-electron chi connectivity index (χ2n) is 6.00. The topological polar surface area (TPSA) is 102 Å². The summed E-state index contributed by atoms with van der Waals surface area (Å²) in [5.74, 6) is 1.65. The smallest absolute Gasteiger partial charge is 0.252 e. The lowest BCUT2D eigenvalue weighted by molar-refractivity contribution is -0.118. The van der Waals surface area contributed by atoms with E-state index in [0.717, 1.165) is 11.5 Å². The minimum absolute atomic E-state index is 0.102. The first-order chi connectivity index (χ1) is 13.2. The summed E-state index contributed by atoms with van der Waals surface area (Å²) in [7, 11) is 1.56. The van der Waals surface area contributed by atoms with E-state index >= 15 is 0 Å². The van der Waals surface area contributed by atoms with Crippen molar-refractivity contribution in [1.29, 1.82) is 0 Å². The van der Waals surface area contributed by atoms with Crippen LogP contribution >= 0.6 is 0 Å². The van der Waals surface area contributed by atoms with Crippen molar-refractivity contribution in [3.8, 4) is 11.5 Å². The number of aromatic nitrogens is 1. The van der Waals surface area contributed by atoms with Crippen LogP contribution in [0, 0.1) is 0 Å². The maximum absolute atomic E-state index is 12.2. The van der Waals surface area contributed by atoms with E-state index in [1.165, 1.54) is 6.20 Å². The highest BCUT2D eigenvalue weighted by Gasteiger charge is 2.20. The maximum Gasteiger partial charge on any atom is 0.252 e. The van der Waals surface area contributed by atoms with Crippen molar-refractivity contribution in [2.24, 2.45) is 0 Å². The third-order valence-corrected chi connectivity index (χ3v) is 4.05. The molecule has 1 atom stereocenters. The van der Waals surface area contributed by atoms with Gasteiger partial charge in [0.05, 0.1) is 12.1 Å². The first-order valence-electron chi connectivity index (χ1n) is 8.73. The number of nitrogens with zero attached hydrogens (tertiary/aromatic N) is 1. The molecule has 0 saturated heterocycles. The number of fused-ring (bicyclic) bond motifs is 1. The molecule has 1 aromatic heterocycles. The van der Waals surface area contributed by atoms with Crippen molar-refractivity contribution < 1.29 is 19.1 Å². The molecule has 142 valence electrons. The molecule has 0 unspecified atom stereocenters. The number of hydrogen-bond donors (Lipinski definition) is 3. The average Bonchev–Trinajstić information content (AvgIpc) is 2.72. The standard InChI is InChI=1S/C19H22N4O4/c1-20-18(24)11-23-17-7-6-13(10-22-17)19(25)21-9-8-14-12-26-15-4-2-3-5-16(15)27-14/h2-7,10,14H,8-9,11-12H2,1H3,(H,20,24)(H,21,25)(H,22,23)/t14-/m0/s1. The Morgan fingerprint density at radius 1 is 1.19 bits per heavy atom. The Bertz CT molecular complexity index is 795. The zero-order valence-electron chi connectivity index (χ0n) is 15.0. The lowest BCUT2D eigenvalue weighted by Crippen LogP contribution is -2.34. The molecule has 2 aromatic rings. The number of para-hydroxylation sites is 2. The lowest BCUT2D eigenvalue weighted by Gasteiger charge is -2.26. The van der Waals surface area contributed by atoms with Gasteiger partial charge in [-0.1, -0.05) is 12.1 Å². The van der Waals surface area contributed by atoms with Gasteiger partial charge in [0.15, 0.2) is 11.5 Å². The molecule has 0 bridgehead atoms. The number of amides is 2. The number of carbonyl (C=O) groups excluding carboxylic acids is 2. The van der Waals surface area contributed by atoms with E-state index in [2.05, 4.69) is 20.9 Å². The molecule has 2 heterocycles. The third kappa shape index (κ3) is 5.10. The fourth-order valence-corrected chi connectivity index (χ4v) is 2.55.